The van der Waals surface area contributed by atoms with Gasteiger partial charge in [-0.05, 0) is 34.9 Å². The fraction of sp³-hybridized carbons (Fsp3) is 0.125. The zero-order chi connectivity index (χ0) is 18.0. The van der Waals surface area contributed by atoms with E-state index in [0.29, 0.717) is 10.6 Å². The normalized spacial score (nSPS) is 12.1. The first kappa shape index (κ1) is 19.0. The van der Waals surface area contributed by atoms with Crippen LogP contribution in [-0.4, -0.2) is 22.6 Å². The number of benzene rings is 2. The van der Waals surface area contributed by atoms with Crippen molar-refractivity contribution in [3.8, 4) is 11.1 Å². The lowest BCUT2D eigenvalue weighted by atomic mass is 10.0. The smallest absolute Gasteiger partial charge is 0.228 e. The van der Waals surface area contributed by atoms with Crippen LogP contribution in [0.15, 0.2) is 60.0 Å². The van der Waals surface area contributed by atoms with Gasteiger partial charge in [0, 0.05) is 15.7 Å². The Hall–Kier alpha value is -1.34. The van der Waals surface area contributed by atoms with Crippen molar-refractivity contribution in [2.24, 2.45) is 0 Å². The maximum Gasteiger partial charge on any atom is 0.261 e. The largest absolute Gasteiger partial charge is 0.261 e. The quantitative estimate of drug-likeness (QED) is 0.538. The van der Waals surface area contributed by atoms with Gasteiger partial charge < -0.3 is 0 Å². The standard InChI is InChI=1S/C16H14Cl2O4S2/c1-2-9-23(19,20)11-14-4-3-13(10-16(14)24(18,21)22)12-5-7-15(17)8-6-12/h2-8,10H,1,9,11H2. The molecule has 0 aliphatic carbocycles. The SMILES string of the molecule is C=CCS(=O)(=O)Cc1ccc(-c2ccc(Cl)cc2)cc1S(=O)(=O)Cl. The van der Waals surface area contributed by atoms with E-state index in [1.54, 1.807) is 30.3 Å². The Kier molecular flexibility index (Phi) is 5.75. The van der Waals surface area contributed by atoms with Crippen LogP contribution in [-0.2, 0) is 24.6 Å². The van der Waals surface area contributed by atoms with Gasteiger partial charge in [0.05, 0.1) is 16.4 Å². The third-order valence-corrected chi connectivity index (χ3v) is 6.41. The molecule has 0 saturated carbocycles. The van der Waals surface area contributed by atoms with E-state index in [4.69, 9.17) is 22.3 Å². The fourth-order valence-corrected chi connectivity index (χ4v) is 4.77. The Morgan fingerprint density at radius 1 is 0.958 bits per heavy atom. The molecule has 0 heterocycles. The minimum atomic E-state index is -4.10. The summed E-state index contributed by atoms with van der Waals surface area (Å²) in [5.74, 6) is -0.672. The summed E-state index contributed by atoms with van der Waals surface area (Å²) in [6.07, 6.45) is 1.26. The van der Waals surface area contributed by atoms with Crippen LogP contribution in [0.25, 0.3) is 11.1 Å². The van der Waals surface area contributed by atoms with E-state index >= 15 is 0 Å². The molecular weight excluding hydrogens is 391 g/mol. The summed E-state index contributed by atoms with van der Waals surface area (Å²) in [6, 6.07) is 11.3. The maximum atomic E-state index is 11.9. The molecule has 2 aromatic carbocycles. The summed E-state index contributed by atoms with van der Waals surface area (Å²) in [4.78, 5) is -0.218. The highest BCUT2D eigenvalue weighted by Gasteiger charge is 2.21. The molecule has 0 aliphatic rings. The molecule has 24 heavy (non-hydrogen) atoms. The van der Waals surface area contributed by atoms with Gasteiger partial charge in [-0.25, -0.2) is 16.8 Å². The van der Waals surface area contributed by atoms with Crippen molar-refractivity contribution in [2.45, 2.75) is 10.6 Å². The molecule has 8 heteroatoms. The average molecular weight is 405 g/mol. The van der Waals surface area contributed by atoms with E-state index in [-0.39, 0.29) is 16.2 Å². The van der Waals surface area contributed by atoms with Gasteiger partial charge in [-0.15, -0.1) is 6.58 Å². The molecule has 2 aromatic rings. The molecule has 0 unspecified atom stereocenters. The Balaban J connectivity index is 2.54. The Morgan fingerprint density at radius 3 is 2.08 bits per heavy atom. The molecule has 128 valence electrons. The predicted octanol–water partition coefficient (Wildman–Crippen LogP) is 4.04. The van der Waals surface area contributed by atoms with Crippen molar-refractivity contribution in [1.29, 1.82) is 0 Å². The highest BCUT2D eigenvalue weighted by atomic mass is 35.7. The minimum Gasteiger partial charge on any atom is -0.228 e. The molecule has 0 amide bonds. The molecule has 0 saturated heterocycles. The summed E-state index contributed by atoms with van der Waals surface area (Å²) < 4.78 is 47.6. The molecule has 0 radical (unpaired) electrons. The van der Waals surface area contributed by atoms with Gasteiger partial charge in [-0.1, -0.05) is 41.9 Å². The second kappa shape index (κ2) is 7.27. The van der Waals surface area contributed by atoms with Crippen molar-refractivity contribution in [2.75, 3.05) is 5.75 Å². The Labute approximate surface area is 151 Å². The third kappa shape index (κ3) is 4.83. The van der Waals surface area contributed by atoms with Crippen LogP contribution >= 0.6 is 22.3 Å². The van der Waals surface area contributed by atoms with E-state index in [9.17, 15) is 16.8 Å². The van der Waals surface area contributed by atoms with Gasteiger partial charge in [-0.3, -0.25) is 0 Å². The second-order valence-corrected chi connectivity index (χ2v) is 10.2. The van der Waals surface area contributed by atoms with E-state index in [0.717, 1.165) is 5.56 Å². The molecule has 0 aromatic heterocycles. The van der Waals surface area contributed by atoms with Crippen LogP contribution < -0.4 is 0 Å². The molecule has 0 aliphatic heterocycles. The van der Waals surface area contributed by atoms with Crippen molar-refractivity contribution in [3.05, 3.63) is 65.7 Å². The molecular formula is C16H14Cl2O4S2. The number of rotatable bonds is 6. The zero-order valence-electron chi connectivity index (χ0n) is 12.4. The molecule has 0 N–H and O–H groups in total. The first-order chi connectivity index (χ1) is 11.1. The van der Waals surface area contributed by atoms with Crippen molar-refractivity contribution >= 4 is 41.2 Å². The van der Waals surface area contributed by atoms with Crippen LogP contribution in [0.5, 0.6) is 0 Å². The van der Waals surface area contributed by atoms with E-state index in [1.165, 1.54) is 18.2 Å². The van der Waals surface area contributed by atoms with Gasteiger partial charge in [-0.2, -0.15) is 0 Å². The predicted molar refractivity (Wildman–Crippen MR) is 97.6 cm³/mol. The summed E-state index contributed by atoms with van der Waals surface area (Å²) >= 11 is 5.84. The number of halogens is 2. The van der Waals surface area contributed by atoms with Gasteiger partial charge in [0.2, 0.25) is 0 Å². The van der Waals surface area contributed by atoms with Crippen LogP contribution in [0, 0.1) is 0 Å². The summed E-state index contributed by atoms with van der Waals surface area (Å²) in [6.45, 7) is 3.39. The molecule has 0 bridgehead atoms. The number of hydrogen-bond donors (Lipinski definition) is 0. The van der Waals surface area contributed by atoms with Crippen molar-refractivity contribution in [1.82, 2.24) is 0 Å². The summed E-state index contributed by atoms with van der Waals surface area (Å²) in [5, 5.41) is 0.552. The Morgan fingerprint density at radius 2 is 1.54 bits per heavy atom. The number of sulfone groups is 1. The minimum absolute atomic E-state index is 0.129. The molecule has 0 spiro atoms. The first-order valence-corrected chi connectivity index (χ1v) is 11.3. The molecule has 2 rings (SSSR count). The number of hydrogen-bond acceptors (Lipinski definition) is 4. The van der Waals surface area contributed by atoms with Crippen molar-refractivity contribution < 1.29 is 16.8 Å². The van der Waals surface area contributed by atoms with E-state index in [1.807, 2.05) is 0 Å². The topological polar surface area (TPSA) is 68.3 Å². The van der Waals surface area contributed by atoms with Gasteiger partial charge in [0.25, 0.3) is 9.05 Å². The third-order valence-electron chi connectivity index (χ3n) is 3.25. The zero-order valence-corrected chi connectivity index (χ0v) is 15.6. The molecule has 0 atom stereocenters. The van der Waals surface area contributed by atoms with Gasteiger partial charge >= 0.3 is 0 Å². The highest BCUT2D eigenvalue weighted by molar-refractivity contribution is 8.13. The Bertz CT molecular complexity index is 964. The lowest BCUT2D eigenvalue weighted by Crippen LogP contribution is -2.10. The molecule has 4 nitrogen and oxygen atoms in total. The van der Waals surface area contributed by atoms with E-state index in [2.05, 4.69) is 6.58 Å². The summed E-state index contributed by atoms with van der Waals surface area (Å²) in [7, 11) is -2.12. The average Bonchev–Trinajstić information content (AvgIpc) is 2.47. The lowest BCUT2D eigenvalue weighted by Gasteiger charge is -2.10. The maximum absolute atomic E-state index is 11.9. The first-order valence-electron chi connectivity index (χ1n) is 6.77. The van der Waals surface area contributed by atoms with Crippen molar-refractivity contribution in [3.63, 3.8) is 0 Å². The lowest BCUT2D eigenvalue weighted by molar-refractivity contribution is 0.597. The van der Waals surface area contributed by atoms with Gasteiger partial charge in [0.1, 0.15) is 0 Å². The summed E-state index contributed by atoms with van der Waals surface area (Å²) in [5.41, 5.74) is 1.46. The monoisotopic (exact) mass is 404 g/mol. The van der Waals surface area contributed by atoms with Crippen LogP contribution in [0.3, 0.4) is 0 Å². The van der Waals surface area contributed by atoms with Crippen LogP contribution in [0.2, 0.25) is 5.02 Å². The van der Waals surface area contributed by atoms with Crippen LogP contribution in [0.1, 0.15) is 5.56 Å². The van der Waals surface area contributed by atoms with Gasteiger partial charge in [0.15, 0.2) is 9.84 Å². The van der Waals surface area contributed by atoms with Crippen LogP contribution in [0.4, 0.5) is 0 Å². The molecule has 0 fully saturated rings. The van der Waals surface area contributed by atoms with E-state index < -0.39 is 24.6 Å². The fourth-order valence-electron chi connectivity index (χ4n) is 2.20. The highest BCUT2D eigenvalue weighted by Crippen LogP contribution is 2.29. The second-order valence-electron chi connectivity index (χ2n) is 5.11.